The van der Waals surface area contributed by atoms with E-state index in [0.29, 0.717) is 0 Å². The smallest absolute Gasteiger partial charge is 0.136 e. The van der Waals surface area contributed by atoms with E-state index >= 15 is 0 Å². The predicted octanol–water partition coefficient (Wildman–Crippen LogP) is 26.9. The highest BCUT2D eigenvalue weighted by atomic mass is 16.3. The molecule has 3 aliphatic rings. The first-order valence-electron chi connectivity index (χ1n) is 34.6. The molecule has 0 atom stereocenters. The van der Waals surface area contributed by atoms with Crippen molar-refractivity contribution < 1.29 is 8.83 Å². The zero-order valence-corrected chi connectivity index (χ0v) is 54.8. The molecule has 0 radical (unpaired) electrons. The van der Waals surface area contributed by atoms with Crippen LogP contribution in [-0.4, -0.2) is 4.57 Å². The Bertz CT molecular complexity index is 6940. The Morgan fingerprint density at radius 2 is 0.790 bits per heavy atom. The highest BCUT2D eigenvalue weighted by Crippen LogP contribution is 2.60. The minimum Gasteiger partial charge on any atom is -0.456 e. The highest BCUT2D eigenvalue weighted by Gasteiger charge is 2.40. The van der Waals surface area contributed by atoms with Gasteiger partial charge >= 0.3 is 0 Å². The summed E-state index contributed by atoms with van der Waals surface area (Å²) in [5.41, 5.74) is 26.9. The normalized spacial score (nSPS) is 13.0. The molecule has 100 heavy (non-hydrogen) atoms. The average Bonchev–Trinajstić information content (AvgIpc) is 1.52. The van der Waals surface area contributed by atoms with Crippen LogP contribution in [0.4, 0.5) is 34.1 Å². The van der Waals surface area contributed by atoms with Crippen LogP contribution in [-0.2, 0) is 5.41 Å². The lowest BCUT2D eigenvalue weighted by Gasteiger charge is -2.26. The molecule has 0 saturated carbocycles. The third-order valence-corrected chi connectivity index (χ3v) is 22.2. The maximum absolute atomic E-state index is 6.56. The lowest BCUT2D eigenvalue weighted by Crippen LogP contribution is -2.14. The van der Waals surface area contributed by atoms with E-state index in [0.717, 1.165) is 73.1 Å². The molecule has 23 rings (SSSR count). The summed E-state index contributed by atoms with van der Waals surface area (Å²) >= 11 is 0. The molecule has 0 spiro atoms. The fourth-order valence-corrected chi connectivity index (χ4v) is 17.9. The quantitative estimate of drug-likeness (QED) is 0.142. The fourth-order valence-electron chi connectivity index (χ4n) is 17.9. The van der Waals surface area contributed by atoms with Crippen LogP contribution in [0.2, 0.25) is 0 Å². The number of hydrogen-bond donors (Lipinski definition) is 0. The Labute approximate surface area is 575 Å². The van der Waals surface area contributed by atoms with E-state index in [-0.39, 0.29) is 5.41 Å². The number of benzene rings is 17. The van der Waals surface area contributed by atoms with Gasteiger partial charge in [-0.05, 0) is 214 Å². The van der Waals surface area contributed by atoms with Gasteiger partial charge in [0.2, 0.25) is 0 Å². The first kappa shape index (κ1) is 55.2. The second-order valence-corrected chi connectivity index (χ2v) is 27.8. The Hall–Kier alpha value is -13.0. The summed E-state index contributed by atoms with van der Waals surface area (Å²) in [6, 6.07) is 117. The van der Waals surface area contributed by atoms with Crippen molar-refractivity contribution in [1.82, 2.24) is 4.57 Å². The number of aromatic nitrogens is 1. The molecule has 17 aromatic carbocycles. The molecule has 5 heteroatoms. The van der Waals surface area contributed by atoms with Crippen molar-refractivity contribution in [3.05, 3.63) is 333 Å². The van der Waals surface area contributed by atoms with Crippen LogP contribution in [0.5, 0.6) is 0 Å². The molecule has 0 saturated heterocycles. The van der Waals surface area contributed by atoms with Crippen molar-refractivity contribution in [2.24, 2.45) is 0 Å². The molecule has 3 aromatic heterocycles. The molecule has 0 N–H and O–H groups in total. The SMILES string of the molecule is CC1(C)c2cccc3c2-c2c1ccc1ccc4c(c21)c1c-3cccc1n4-c1cccc(N(c2ccccc2)c2ccc3c(ccc4ccccc43)c2)c1.c1ccc(N(c2cccc(-c3ccc4oc5ccc6ccc7oc8cccc9c8c7c6c5c4c3-9)c2)c2ccc3ccccc3c2)cc1. The van der Waals surface area contributed by atoms with Crippen LogP contribution in [0.3, 0.4) is 0 Å². The van der Waals surface area contributed by atoms with Crippen LogP contribution in [0.1, 0.15) is 25.0 Å². The number of rotatable bonds is 8. The van der Waals surface area contributed by atoms with E-state index in [2.05, 4.69) is 350 Å². The first-order chi connectivity index (χ1) is 49.4. The molecule has 20 aromatic rings. The number of nitrogens with zero attached hydrogens (tertiary/aromatic N) is 3. The molecule has 0 unspecified atom stereocenters. The van der Waals surface area contributed by atoms with Crippen LogP contribution in [0.25, 0.3) is 170 Å². The fraction of sp³-hybridized carbons (Fsp3) is 0.0316. The second-order valence-electron chi connectivity index (χ2n) is 27.8. The molecule has 3 aliphatic carbocycles. The van der Waals surface area contributed by atoms with Gasteiger partial charge in [-0.25, -0.2) is 0 Å². The van der Waals surface area contributed by atoms with Crippen LogP contribution >= 0.6 is 0 Å². The van der Waals surface area contributed by atoms with Crippen LogP contribution < -0.4 is 9.80 Å². The third kappa shape index (κ3) is 7.71. The lowest BCUT2D eigenvalue weighted by atomic mass is 9.81. The third-order valence-electron chi connectivity index (χ3n) is 22.2. The second kappa shape index (κ2) is 20.5. The van der Waals surface area contributed by atoms with E-state index in [4.69, 9.17) is 8.83 Å². The van der Waals surface area contributed by atoms with Gasteiger partial charge in [0.05, 0.1) is 11.0 Å². The minimum absolute atomic E-state index is 0.0594. The van der Waals surface area contributed by atoms with Crippen molar-refractivity contribution in [3.8, 4) is 50.2 Å². The highest BCUT2D eigenvalue weighted by molar-refractivity contribution is 6.38. The summed E-state index contributed by atoms with van der Waals surface area (Å²) < 4.78 is 15.5. The molecular formula is C95H59N3O2. The van der Waals surface area contributed by atoms with Gasteiger partial charge in [0.25, 0.3) is 0 Å². The topological polar surface area (TPSA) is 37.7 Å². The zero-order valence-electron chi connectivity index (χ0n) is 54.8. The van der Waals surface area contributed by atoms with E-state index in [9.17, 15) is 0 Å². The average molecular weight is 1270 g/mol. The van der Waals surface area contributed by atoms with Crippen molar-refractivity contribution >= 4 is 154 Å². The number of furan rings is 2. The summed E-state index contributed by atoms with van der Waals surface area (Å²) in [6.45, 7) is 4.78. The summed E-state index contributed by atoms with van der Waals surface area (Å²) in [7, 11) is 0. The predicted molar refractivity (Wildman–Crippen MR) is 420 cm³/mol. The maximum Gasteiger partial charge on any atom is 0.136 e. The van der Waals surface area contributed by atoms with Gasteiger partial charge in [0.1, 0.15) is 22.3 Å². The Morgan fingerprint density at radius 3 is 1.60 bits per heavy atom. The largest absolute Gasteiger partial charge is 0.456 e. The van der Waals surface area contributed by atoms with Gasteiger partial charge in [-0.2, -0.15) is 0 Å². The van der Waals surface area contributed by atoms with Gasteiger partial charge in [-0.1, -0.05) is 220 Å². The number of hydrogen-bond acceptors (Lipinski definition) is 4. The van der Waals surface area contributed by atoms with Crippen molar-refractivity contribution in [1.29, 1.82) is 0 Å². The van der Waals surface area contributed by atoms with Gasteiger partial charge < -0.3 is 23.2 Å². The van der Waals surface area contributed by atoms with Crippen molar-refractivity contribution in [2.45, 2.75) is 19.3 Å². The molecule has 3 heterocycles. The summed E-state index contributed by atoms with van der Waals surface area (Å²) in [6.07, 6.45) is 0. The summed E-state index contributed by atoms with van der Waals surface area (Å²) in [5.74, 6) is 0. The van der Waals surface area contributed by atoms with Crippen molar-refractivity contribution in [3.63, 3.8) is 0 Å². The molecule has 5 nitrogen and oxygen atoms in total. The Kier molecular flexibility index (Phi) is 11.3. The minimum atomic E-state index is -0.0594. The van der Waals surface area contributed by atoms with Gasteiger partial charge in [0, 0.05) is 88.5 Å². The molecule has 0 fully saturated rings. The number of anilines is 6. The van der Waals surface area contributed by atoms with E-state index in [1.54, 1.807) is 0 Å². The Morgan fingerprint density at radius 1 is 0.260 bits per heavy atom. The van der Waals surface area contributed by atoms with E-state index < -0.39 is 0 Å². The van der Waals surface area contributed by atoms with Crippen LogP contribution in [0, 0.1) is 0 Å². The first-order valence-corrected chi connectivity index (χ1v) is 34.6. The number of para-hydroxylation sites is 2. The molecule has 0 aliphatic heterocycles. The van der Waals surface area contributed by atoms with E-state index in [1.165, 1.54) is 142 Å². The van der Waals surface area contributed by atoms with Gasteiger partial charge in [-0.15, -0.1) is 0 Å². The lowest BCUT2D eigenvalue weighted by molar-refractivity contribution is 0.661. The van der Waals surface area contributed by atoms with Crippen molar-refractivity contribution in [2.75, 3.05) is 9.80 Å². The van der Waals surface area contributed by atoms with Gasteiger partial charge in [0.15, 0.2) is 0 Å². The number of fused-ring (bicyclic) bond motifs is 6. The van der Waals surface area contributed by atoms with Gasteiger partial charge in [-0.3, -0.25) is 0 Å². The molecule has 0 amide bonds. The monoisotopic (exact) mass is 1270 g/mol. The molecular weight excluding hydrogens is 1220 g/mol. The zero-order chi connectivity index (χ0) is 65.6. The summed E-state index contributed by atoms with van der Waals surface area (Å²) in [5, 5.41) is 20.0. The van der Waals surface area contributed by atoms with E-state index in [1.807, 2.05) is 0 Å². The summed E-state index contributed by atoms with van der Waals surface area (Å²) in [4.78, 5) is 4.74. The maximum atomic E-state index is 6.56. The Balaban J connectivity index is 0.000000128. The molecule has 466 valence electrons. The molecule has 0 bridgehead atoms. The van der Waals surface area contributed by atoms with Crippen LogP contribution in [0.15, 0.2) is 330 Å². The standard InChI is InChI=1S/C51H34N2.C44H25NO2/c1-51(2)42-19-9-17-40-41-18-10-20-44-48(41)50-45(28-24-32-23-27-43(51)49(46(32)50)47(40)42)53(44)36-15-8-14-35(30-36)52(34-12-4-3-5-13-34)37-25-26-39-33(29-37)22-21-31-11-6-7-16-38(31)39;1-2-11-30(12-3-1)45(32-19-16-26-8-4-5-9-28(26)24-32)31-13-6-10-29(25-31)33-20-23-38-44-40(33)34-14-7-15-35-41(34)42-36(46-35)21-17-27-18-22-37(47-38)43(44)39(27)42/h3-30H,1-2H3;1-25H.